The molecule has 1 heterocycles. The van der Waals surface area contributed by atoms with E-state index in [1.54, 1.807) is 0 Å². The Hall–Kier alpha value is -0.970. The van der Waals surface area contributed by atoms with Crippen LogP contribution in [0.15, 0.2) is 24.3 Å². The van der Waals surface area contributed by atoms with Gasteiger partial charge in [0.25, 0.3) is 0 Å². The van der Waals surface area contributed by atoms with Gasteiger partial charge < -0.3 is 15.1 Å². The molecular formula is C18H31Cl2N3O. The largest absolute Gasteiger partial charge is 0.372 e. The molecule has 1 aliphatic rings. The van der Waals surface area contributed by atoms with Crippen LogP contribution in [0.25, 0.3) is 0 Å². The third-order valence-electron chi connectivity index (χ3n) is 4.35. The van der Waals surface area contributed by atoms with E-state index in [9.17, 15) is 4.79 Å². The molecule has 0 aliphatic carbocycles. The zero-order valence-electron chi connectivity index (χ0n) is 14.8. The molecule has 24 heavy (non-hydrogen) atoms. The minimum atomic E-state index is 0. The number of hydrogen-bond acceptors (Lipinski definition) is 3. The maximum absolute atomic E-state index is 11.5. The second-order valence-corrected chi connectivity index (χ2v) is 5.85. The van der Waals surface area contributed by atoms with E-state index in [1.807, 2.05) is 4.90 Å². The molecule has 1 N–H and O–H groups in total. The lowest BCUT2D eigenvalue weighted by molar-refractivity contribution is -0.127. The van der Waals surface area contributed by atoms with Crippen LogP contribution in [0.4, 0.5) is 5.69 Å². The fraction of sp³-hybridized carbons (Fsp3) is 0.611. The quantitative estimate of drug-likeness (QED) is 0.671. The first-order valence-electron chi connectivity index (χ1n) is 8.57. The molecule has 0 radical (unpaired) electrons. The van der Waals surface area contributed by atoms with Crippen LogP contribution in [0, 0.1) is 0 Å². The number of halogens is 2. The molecule has 1 aromatic rings. The molecule has 2 rings (SSSR count). The molecule has 0 bridgehead atoms. The van der Waals surface area contributed by atoms with Gasteiger partial charge in [0.05, 0.1) is 0 Å². The fourth-order valence-corrected chi connectivity index (χ4v) is 2.98. The molecule has 1 aliphatic heterocycles. The van der Waals surface area contributed by atoms with E-state index in [1.165, 1.54) is 11.3 Å². The van der Waals surface area contributed by atoms with Crippen molar-refractivity contribution in [2.75, 3.05) is 37.6 Å². The Morgan fingerprint density at radius 2 is 1.79 bits per heavy atom. The molecular weight excluding hydrogens is 345 g/mol. The third kappa shape index (κ3) is 6.88. The Balaban J connectivity index is 0.00000264. The number of carbonyl (C=O) groups is 1. The standard InChI is InChI=1S/C18H29N3O.2ClH/c1-3-20(4-2)17-10-8-16(9-11-17)15-19-12-6-14-21-13-5-7-18(21)22;;/h8-11,19H,3-7,12-15H2,1-2H3;2*1H. The van der Waals surface area contributed by atoms with Crippen LogP contribution < -0.4 is 10.2 Å². The van der Waals surface area contributed by atoms with Gasteiger partial charge in [-0.05, 0) is 50.9 Å². The average molecular weight is 376 g/mol. The highest BCUT2D eigenvalue weighted by molar-refractivity contribution is 5.85. The van der Waals surface area contributed by atoms with Crippen LogP contribution in [-0.2, 0) is 11.3 Å². The summed E-state index contributed by atoms with van der Waals surface area (Å²) in [6.45, 7) is 10.2. The van der Waals surface area contributed by atoms with Gasteiger partial charge >= 0.3 is 0 Å². The van der Waals surface area contributed by atoms with Crippen molar-refractivity contribution in [1.29, 1.82) is 0 Å². The summed E-state index contributed by atoms with van der Waals surface area (Å²) in [4.78, 5) is 15.8. The second kappa shape index (κ2) is 12.4. The van der Waals surface area contributed by atoms with Gasteiger partial charge in [-0.15, -0.1) is 24.8 Å². The number of anilines is 1. The Morgan fingerprint density at radius 3 is 2.33 bits per heavy atom. The molecule has 1 saturated heterocycles. The number of likely N-dealkylation sites (tertiary alicyclic amines) is 1. The lowest BCUT2D eigenvalue weighted by Gasteiger charge is -2.21. The van der Waals surface area contributed by atoms with Gasteiger partial charge in [0.15, 0.2) is 0 Å². The highest BCUT2D eigenvalue weighted by atomic mass is 35.5. The van der Waals surface area contributed by atoms with Gasteiger partial charge in [0.1, 0.15) is 0 Å². The number of carbonyl (C=O) groups excluding carboxylic acids is 1. The van der Waals surface area contributed by atoms with Crippen molar-refractivity contribution in [3.05, 3.63) is 29.8 Å². The average Bonchev–Trinajstić information content (AvgIpc) is 2.95. The summed E-state index contributed by atoms with van der Waals surface area (Å²) in [7, 11) is 0. The summed E-state index contributed by atoms with van der Waals surface area (Å²) in [5, 5.41) is 3.47. The first-order chi connectivity index (χ1) is 10.7. The number of benzene rings is 1. The molecule has 1 fully saturated rings. The molecule has 6 heteroatoms. The molecule has 1 aromatic carbocycles. The molecule has 0 saturated carbocycles. The normalized spacial score (nSPS) is 13.4. The number of hydrogen-bond donors (Lipinski definition) is 1. The Kier molecular flexibility index (Phi) is 11.9. The summed E-state index contributed by atoms with van der Waals surface area (Å²) in [6.07, 6.45) is 2.81. The van der Waals surface area contributed by atoms with Gasteiger partial charge in [-0.25, -0.2) is 0 Å². The SMILES string of the molecule is CCN(CC)c1ccc(CNCCCN2CCCC2=O)cc1.Cl.Cl. The van der Waals surface area contributed by atoms with Crippen molar-refractivity contribution in [3.63, 3.8) is 0 Å². The Morgan fingerprint density at radius 1 is 1.12 bits per heavy atom. The van der Waals surface area contributed by atoms with E-state index in [0.717, 1.165) is 58.5 Å². The summed E-state index contributed by atoms with van der Waals surface area (Å²) in [6, 6.07) is 8.80. The first-order valence-corrected chi connectivity index (χ1v) is 8.57. The van der Waals surface area contributed by atoms with Crippen LogP contribution in [0.5, 0.6) is 0 Å². The molecule has 1 amide bonds. The molecule has 4 nitrogen and oxygen atoms in total. The van der Waals surface area contributed by atoms with E-state index in [-0.39, 0.29) is 24.8 Å². The molecule has 138 valence electrons. The first kappa shape index (κ1) is 23.0. The smallest absolute Gasteiger partial charge is 0.222 e. The van der Waals surface area contributed by atoms with Crippen molar-refractivity contribution in [3.8, 4) is 0 Å². The number of nitrogens with zero attached hydrogens (tertiary/aromatic N) is 2. The zero-order valence-corrected chi connectivity index (χ0v) is 16.4. The van der Waals surface area contributed by atoms with Crippen LogP contribution >= 0.6 is 24.8 Å². The summed E-state index contributed by atoms with van der Waals surface area (Å²) >= 11 is 0. The van der Waals surface area contributed by atoms with Crippen LogP contribution in [-0.4, -0.2) is 43.5 Å². The zero-order chi connectivity index (χ0) is 15.8. The van der Waals surface area contributed by atoms with Crippen molar-refractivity contribution in [2.45, 2.75) is 39.7 Å². The lowest BCUT2D eigenvalue weighted by atomic mass is 10.2. The van der Waals surface area contributed by atoms with E-state index in [2.05, 4.69) is 48.3 Å². The Labute approximate surface area is 158 Å². The predicted octanol–water partition coefficient (Wildman–Crippen LogP) is 3.48. The number of amides is 1. The van der Waals surface area contributed by atoms with Crippen molar-refractivity contribution < 1.29 is 4.79 Å². The highest BCUT2D eigenvalue weighted by Crippen LogP contribution is 2.14. The van der Waals surface area contributed by atoms with Crippen molar-refractivity contribution in [1.82, 2.24) is 10.2 Å². The lowest BCUT2D eigenvalue weighted by Crippen LogP contribution is -2.28. The topological polar surface area (TPSA) is 35.6 Å². The predicted molar refractivity (Wildman–Crippen MR) is 107 cm³/mol. The summed E-state index contributed by atoms with van der Waals surface area (Å²) < 4.78 is 0. The maximum Gasteiger partial charge on any atom is 0.222 e. The third-order valence-corrected chi connectivity index (χ3v) is 4.35. The monoisotopic (exact) mass is 375 g/mol. The van der Waals surface area contributed by atoms with Crippen LogP contribution in [0.1, 0.15) is 38.7 Å². The van der Waals surface area contributed by atoms with Crippen molar-refractivity contribution >= 4 is 36.4 Å². The van der Waals surface area contributed by atoms with E-state index >= 15 is 0 Å². The van der Waals surface area contributed by atoms with Gasteiger partial charge in [-0.2, -0.15) is 0 Å². The van der Waals surface area contributed by atoms with E-state index in [4.69, 9.17) is 0 Å². The van der Waals surface area contributed by atoms with Crippen LogP contribution in [0.3, 0.4) is 0 Å². The molecule has 0 unspecified atom stereocenters. The molecule has 0 aromatic heterocycles. The van der Waals surface area contributed by atoms with Gasteiger partial charge in [-0.1, -0.05) is 12.1 Å². The number of nitrogens with one attached hydrogen (secondary N) is 1. The van der Waals surface area contributed by atoms with Gasteiger partial charge in [-0.3, -0.25) is 4.79 Å². The van der Waals surface area contributed by atoms with Gasteiger partial charge in [0.2, 0.25) is 5.91 Å². The second-order valence-electron chi connectivity index (χ2n) is 5.85. The Bertz CT molecular complexity index is 464. The van der Waals surface area contributed by atoms with Gasteiger partial charge in [0, 0.05) is 44.8 Å². The minimum Gasteiger partial charge on any atom is -0.372 e. The van der Waals surface area contributed by atoms with Crippen molar-refractivity contribution in [2.24, 2.45) is 0 Å². The minimum absolute atomic E-state index is 0. The summed E-state index contributed by atoms with van der Waals surface area (Å²) in [5.74, 6) is 0.326. The van der Waals surface area contributed by atoms with E-state index < -0.39 is 0 Å². The highest BCUT2D eigenvalue weighted by Gasteiger charge is 2.18. The fourth-order valence-electron chi connectivity index (χ4n) is 2.98. The molecule has 0 spiro atoms. The van der Waals surface area contributed by atoms with Crippen LogP contribution in [0.2, 0.25) is 0 Å². The van der Waals surface area contributed by atoms with E-state index in [0.29, 0.717) is 5.91 Å². The maximum atomic E-state index is 11.5. The summed E-state index contributed by atoms with van der Waals surface area (Å²) in [5.41, 5.74) is 2.61. The number of rotatable bonds is 9. The molecule has 0 atom stereocenters.